The van der Waals surface area contributed by atoms with Crippen LogP contribution in [0.1, 0.15) is 54.0 Å². The van der Waals surface area contributed by atoms with Crippen molar-refractivity contribution in [1.29, 1.82) is 0 Å². The number of anilines is 2. The predicted octanol–water partition coefficient (Wildman–Crippen LogP) is 4.14. The maximum absolute atomic E-state index is 12.6. The van der Waals surface area contributed by atoms with Crippen LogP contribution in [0.4, 0.5) is 11.6 Å². The van der Waals surface area contributed by atoms with E-state index in [2.05, 4.69) is 20.0 Å². The van der Waals surface area contributed by atoms with Gasteiger partial charge in [0.05, 0.1) is 4.90 Å². The predicted molar refractivity (Wildman–Crippen MR) is 125 cm³/mol. The van der Waals surface area contributed by atoms with Crippen molar-refractivity contribution in [2.75, 3.05) is 5.32 Å². The largest absolute Gasteiger partial charge is 0.324 e. The molecule has 2 N–H and O–H groups in total. The summed E-state index contributed by atoms with van der Waals surface area (Å²) in [5, 5.41) is 3.98. The number of hydrogen-bond acceptors (Lipinski definition) is 6. The zero-order chi connectivity index (χ0) is 22.2. The summed E-state index contributed by atoms with van der Waals surface area (Å²) in [6.45, 7) is 5.39. The Hall–Kier alpha value is -2.78. The van der Waals surface area contributed by atoms with E-state index in [-0.39, 0.29) is 25.4 Å². The molecule has 0 atom stereocenters. The van der Waals surface area contributed by atoms with Crippen molar-refractivity contribution in [3.8, 4) is 0 Å². The van der Waals surface area contributed by atoms with Gasteiger partial charge in [-0.1, -0.05) is 12.8 Å². The van der Waals surface area contributed by atoms with Crippen LogP contribution in [0.2, 0.25) is 0 Å². The topological polar surface area (TPSA) is 106 Å². The minimum Gasteiger partial charge on any atom is -0.324 e. The molecule has 9 heteroatoms. The van der Waals surface area contributed by atoms with Gasteiger partial charge in [-0.2, -0.15) is 4.98 Å². The molecule has 1 aliphatic rings. The third kappa shape index (κ3) is 4.47. The van der Waals surface area contributed by atoms with Gasteiger partial charge < -0.3 is 5.32 Å². The number of hydrogen-bond donors (Lipinski definition) is 2. The highest BCUT2D eigenvalue weighted by Gasteiger charge is 2.21. The maximum Gasteiger partial charge on any atom is 0.252 e. The molecular formula is C22H31N5O3S. The first-order valence-corrected chi connectivity index (χ1v) is 12.0. The number of rotatable bonds is 6. The Balaban J connectivity index is 0.00000193. The van der Waals surface area contributed by atoms with Gasteiger partial charge in [-0.15, -0.1) is 0 Å². The fraction of sp³-hybridized carbons (Fsp3) is 0.409. The first kappa shape index (κ1) is 21.5. The second kappa shape index (κ2) is 8.39. The molecule has 0 spiro atoms. The summed E-state index contributed by atoms with van der Waals surface area (Å²) < 4.78 is 29.2. The Bertz CT molecular complexity index is 1290. The van der Waals surface area contributed by atoms with Crippen LogP contribution in [-0.4, -0.2) is 29.0 Å². The summed E-state index contributed by atoms with van der Waals surface area (Å²) in [5.74, 6) is 0.365. The normalized spacial score (nSPS) is 15.1. The molecule has 0 aliphatic heterocycles. The molecule has 1 saturated carbocycles. The lowest BCUT2D eigenvalue weighted by atomic mass is 10.2. The number of aryl methyl sites for hydroxylation is 1. The molecule has 1 fully saturated rings. The third-order valence-electron chi connectivity index (χ3n) is 5.50. The standard InChI is InChI=1S/C22H27N5O3S.2H2/c1-14(2)26-31(29,30)18-9-10-19(15(3)12-18)24-22-23-13-16-8-11-20(28)27(21(16)25-22)17-6-4-5-7-17;;/h8-14,17,26H,4-7H2,1-3H3,(H,23,24,25);2*1H. The van der Waals surface area contributed by atoms with Crippen LogP contribution in [0.25, 0.3) is 11.0 Å². The number of sulfonamides is 1. The summed E-state index contributed by atoms with van der Waals surface area (Å²) in [5.41, 5.74) is 2.02. The van der Waals surface area contributed by atoms with Crippen molar-refractivity contribution in [2.45, 2.75) is 63.4 Å². The molecule has 2 heterocycles. The molecule has 0 unspecified atom stereocenters. The maximum atomic E-state index is 12.6. The first-order chi connectivity index (χ1) is 14.7. The van der Waals surface area contributed by atoms with E-state index in [9.17, 15) is 13.2 Å². The van der Waals surface area contributed by atoms with Crippen LogP contribution in [0.5, 0.6) is 0 Å². The number of fused-ring (bicyclic) bond motifs is 1. The Labute approximate surface area is 184 Å². The minimum absolute atomic E-state index is 0. The molecule has 0 bridgehead atoms. The third-order valence-corrected chi connectivity index (χ3v) is 7.16. The van der Waals surface area contributed by atoms with Gasteiger partial charge in [-0.3, -0.25) is 9.36 Å². The molecule has 8 nitrogen and oxygen atoms in total. The lowest BCUT2D eigenvalue weighted by molar-refractivity contribution is 0.516. The van der Waals surface area contributed by atoms with Gasteiger partial charge >= 0.3 is 0 Å². The molecule has 31 heavy (non-hydrogen) atoms. The summed E-state index contributed by atoms with van der Waals surface area (Å²) in [6.07, 6.45) is 5.89. The van der Waals surface area contributed by atoms with Crippen LogP contribution in [0.15, 0.2) is 46.2 Å². The molecule has 0 radical (unpaired) electrons. The van der Waals surface area contributed by atoms with E-state index >= 15 is 0 Å². The Kier molecular flexibility index (Phi) is 5.81. The quantitative estimate of drug-likeness (QED) is 0.591. The second-order valence-electron chi connectivity index (χ2n) is 8.33. The van der Waals surface area contributed by atoms with E-state index in [0.29, 0.717) is 17.3 Å². The lowest BCUT2D eigenvalue weighted by Gasteiger charge is -2.17. The zero-order valence-electron chi connectivity index (χ0n) is 17.9. The van der Waals surface area contributed by atoms with E-state index in [1.54, 1.807) is 54.9 Å². The molecule has 0 amide bonds. The molecule has 2 aromatic heterocycles. The highest BCUT2D eigenvalue weighted by Crippen LogP contribution is 2.30. The summed E-state index contributed by atoms with van der Waals surface area (Å²) >= 11 is 0. The van der Waals surface area contributed by atoms with Crippen molar-refractivity contribution in [1.82, 2.24) is 19.3 Å². The van der Waals surface area contributed by atoms with Crippen molar-refractivity contribution in [3.63, 3.8) is 0 Å². The first-order valence-electron chi connectivity index (χ1n) is 10.5. The van der Waals surface area contributed by atoms with E-state index in [1.165, 1.54) is 0 Å². The van der Waals surface area contributed by atoms with E-state index in [1.807, 2.05) is 6.92 Å². The van der Waals surface area contributed by atoms with E-state index in [0.717, 1.165) is 36.6 Å². The highest BCUT2D eigenvalue weighted by molar-refractivity contribution is 7.89. The van der Waals surface area contributed by atoms with Crippen LogP contribution >= 0.6 is 0 Å². The number of benzene rings is 1. The van der Waals surface area contributed by atoms with Gasteiger partial charge in [-0.25, -0.2) is 18.1 Å². The SMILES string of the molecule is Cc1cc(S(=O)(=O)NC(C)C)ccc1Nc1ncc2ccc(=O)n(C3CCCC3)c2n1.[HH].[HH]. The van der Waals surface area contributed by atoms with Gasteiger partial charge in [0.15, 0.2) is 0 Å². The van der Waals surface area contributed by atoms with Crippen molar-refractivity contribution in [3.05, 3.63) is 52.4 Å². The van der Waals surface area contributed by atoms with Crippen molar-refractivity contribution in [2.24, 2.45) is 0 Å². The molecule has 4 rings (SSSR count). The fourth-order valence-electron chi connectivity index (χ4n) is 4.06. The molecule has 168 valence electrons. The molecule has 1 aromatic carbocycles. The number of pyridine rings is 1. The van der Waals surface area contributed by atoms with Gasteiger partial charge in [0, 0.05) is 38.3 Å². The van der Waals surface area contributed by atoms with Crippen LogP contribution in [-0.2, 0) is 10.0 Å². The van der Waals surface area contributed by atoms with Gasteiger partial charge in [0.2, 0.25) is 16.0 Å². The minimum atomic E-state index is -3.57. The molecule has 1 aliphatic carbocycles. The Morgan fingerprint density at radius 1 is 1.16 bits per heavy atom. The summed E-state index contributed by atoms with van der Waals surface area (Å²) in [4.78, 5) is 21.8. The average molecular weight is 446 g/mol. The van der Waals surface area contributed by atoms with Crippen LogP contribution < -0.4 is 15.6 Å². The molecule has 0 saturated heterocycles. The number of nitrogens with one attached hydrogen (secondary N) is 2. The Morgan fingerprint density at radius 3 is 2.58 bits per heavy atom. The summed E-state index contributed by atoms with van der Waals surface area (Å²) in [6, 6.07) is 8.17. The molecular weight excluding hydrogens is 414 g/mol. The highest BCUT2D eigenvalue weighted by atomic mass is 32.2. The van der Waals surface area contributed by atoms with Crippen molar-refractivity contribution < 1.29 is 11.3 Å². The fourth-order valence-corrected chi connectivity index (χ4v) is 5.39. The summed E-state index contributed by atoms with van der Waals surface area (Å²) in [7, 11) is -3.57. The lowest BCUT2D eigenvalue weighted by Crippen LogP contribution is -2.30. The Morgan fingerprint density at radius 2 is 1.90 bits per heavy atom. The van der Waals surface area contributed by atoms with Gasteiger partial charge in [0.25, 0.3) is 5.56 Å². The zero-order valence-corrected chi connectivity index (χ0v) is 18.7. The number of nitrogens with zero attached hydrogens (tertiary/aromatic N) is 3. The second-order valence-corrected chi connectivity index (χ2v) is 10.0. The van der Waals surface area contributed by atoms with Crippen LogP contribution in [0, 0.1) is 6.92 Å². The van der Waals surface area contributed by atoms with Crippen LogP contribution in [0.3, 0.4) is 0 Å². The average Bonchev–Trinajstić information content (AvgIpc) is 3.22. The van der Waals surface area contributed by atoms with E-state index in [4.69, 9.17) is 0 Å². The molecule has 3 aromatic rings. The van der Waals surface area contributed by atoms with E-state index < -0.39 is 10.0 Å². The van der Waals surface area contributed by atoms with Gasteiger partial charge in [0.1, 0.15) is 5.65 Å². The van der Waals surface area contributed by atoms with Gasteiger partial charge in [-0.05, 0) is 63.4 Å². The smallest absolute Gasteiger partial charge is 0.252 e. The van der Waals surface area contributed by atoms with Crippen molar-refractivity contribution >= 4 is 32.7 Å². The number of aromatic nitrogens is 3. The monoisotopic (exact) mass is 445 g/mol.